The highest BCUT2D eigenvalue weighted by Gasteiger charge is 2.48. The normalized spacial score (nSPS) is 27.4. The average Bonchev–Trinajstić information content (AvgIpc) is 2.76. The van der Waals surface area contributed by atoms with Crippen LogP contribution in [-0.2, 0) is 16.1 Å². The topological polar surface area (TPSA) is 29.5 Å². The van der Waals surface area contributed by atoms with Crippen molar-refractivity contribution in [3.05, 3.63) is 35.9 Å². The lowest BCUT2D eigenvalue weighted by Crippen LogP contribution is -2.37. The Kier molecular flexibility index (Phi) is 4.84. The van der Waals surface area contributed by atoms with Gasteiger partial charge in [0.25, 0.3) is 0 Å². The summed E-state index contributed by atoms with van der Waals surface area (Å²) in [4.78, 5) is 14.4. The monoisotopic (exact) mass is 373 g/mol. The van der Waals surface area contributed by atoms with Gasteiger partial charge >= 0.3 is 5.97 Å². The molecule has 19 heavy (non-hydrogen) atoms. The van der Waals surface area contributed by atoms with E-state index in [1.165, 1.54) is 12.7 Å². The van der Waals surface area contributed by atoms with E-state index in [0.29, 0.717) is 5.92 Å². The van der Waals surface area contributed by atoms with E-state index in [2.05, 4.69) is 51.8 Å². The molecule has 1 aliphatic heterocycles. The molecule has 3 nitrogen and oxygen atoms in total. The molecule has 0 unspecified atom stereocenters. The molecule has 0 aromatic heterocycles. The number of halogens is 1. The van der Waals surface area contributed by atoms with Gasteiger partial charge in [0.2, 0.25) is 0 Å². The minimum absolute atomic E-state index is 0.0790. The molecule has 0 radical (unpaired) electrons. The van der Waals surface area contributed by atoms with E-state index >= 15 is 0 Å². The maximum atomic E-state index is 12.1. The van der Waals surface area contributed by atoms with Gasteiger partial charge in [-0.15, -0.1) is 0 Å². The molecule has 1 heterocycles. The second-order valence-electron chi connectivity index (χ2n) is 5.42. The molecule has 1 aliphatic rings. The lowest BCUT2D eigenvalue weighted by atomic mass is 9.81. The lowest BCUT2D eigenvalue weighted by Gasteiger charge is -2.26. The van der Waals surface area contributed by atoms with Gasteiger partial charge in [0.1, 0.15) is 0 Å². The van der Waals surface area contributed by atoms with Crippen LogP contribution < -0.4 is 0 Å². The Labute approximate surface area is 128 Å². The van der Waals surface area contributed by atoms with Gasteiger partial charge in [0.05, 0.1) is 12.5 Å². The van der Waals surface area contributed by atoms with Crippen LogP contribution in [0.1, 0.15) is 12.5 Å². The van der Waals surface area contributed by atoms with Crippen molar-refractivity contribution >= 4 is 28.6 Å². The van der Waals surface area contributed by atoms with Crippen molar-refractivity contribution in [2.24, 2.45) is 11.3 Å². The summed E-state index contributed by atoms with van der Waals surface area (Å²) in [5.74, 6) is 0.286. The van der Waals surface area contributed by atoms with Crippen molar-refractivity contribution in [1.29, 1.82) is 0 Å². The number of esters is 1. The number of hydrogen-bond donors (Lipinski definition) is 0. The summed E-state index contributed by atoms with van der Waals surface area (Å²) in [7, 11) is 1.48. The van der Waals surface area contributed by atoms with E-state index in [1.807, 2.05) is 13.0 Å². The molecule has 0 bridgehead atoms. The number of carbonyl (C=O) groups is 1. The Balaban J connectivity index is 2.09. The first kappa shape index (κ1) is 14.8. The molecule has 1 aromatic rings. The fraction of sp³-hybridized carbons (Fsp3) is 0.533. The molecule has 2 atom stereocenters. The van der Waals surface area contributed by atoms with Crippen LogP contribution in [0.4, 0.5) is 0 Å². The van der Waals surface area contributed by atoms with E-state index < -0.39 is 0 Å². The Morgan fingerprint density at radius 1 is 1.47 bits per heavy atom. The highest BCUT2D eigenvalue weighted by atomic mass is 127. The van der Waals surface area contributed by atoms with Crippen LogP contribution in [0.25, 0.3) is 0 Å². The van der Waals surface area contributed by atoms with Gasteiger partial charge in [-0.25, -0.2) is 0 Å². The number of carbonyl (C=O) groups excluding carboxylic acids is 1. The minimum Gasteiger partial charge on any atom is -0.469 e. The van der Waals surface area contributed by atoms with Crippen molar-refractivity contribution in [1.82, 2.24) is 4.90 Å². The summed E-state index contributed by atoms with van der Waals surface area (Å²) in [6.07, 6.45) is 0. The summed E-state index contributed by atoms with van der Waals surface area (Å²) < 4.78 is 5.98. The van der Waals surface area contributed by atoms with Crippen LogP contribution >= 0.6 is 22.6 Å². The molecule has 0 saturated carbocycles. The summed E-state index contributed by atoms with van der Waals surface area (Å²) in [5, 5.41) is 0. The SMILES string of the molecule is COC(=O)[C@]1(C)CN(Cc2ccccc2)C[C@H]1CI. The maximum Gasteiger partial charge on any atom is 0.313 e. The quantitative estimate of drug-likeness (QED) is 0.462. The van der Waals surface area contributed by atoms with Gasteiger partial charge in [-0.05, 0) is 18.4 Å². The van der Waals surface area contributed by atoms with E-state index in [9.17, 15) is 4.79 Å². The summed E-state index contributed by atoms with van der Waals surface area (Å²) in [6, 6.07) is 10.4. The molecule has 4 heteroatoms. The number of ether oxygens (including phenoxy) is 1. The summed E-state index contributed by atoms with van der Waals surface area (Å²) in [6.45, 7) is 4.68. The Morgan fingerprint density at radius 3 is 2.74 bits per heavy atom. The van der Waals surface area contributed by atoms with Crippen molar-refractivity contribution < 1.29 is 9.53 Å². The van der Waals surface area contributed by atoms with Crippen LogP contribution in [0, 0.1) is 11.3 Å². The third-order valence-electron chi connectivity index (χ3n) is 4.02. The van der Waals surface area contributed by atoms with E-state index in [1.54, 1.807) is 0 Å². The highest BCUT2D eigenvalue weighted by Crippen LogP contribution is 2.38. The van der Waals surface area contributed by atoms with Crippen molar-refractivity contribution in [2.75, 3.05) is 24.6 Å². The average molecular weight is 373 g/mol. The molecule has 0 spiro atoms. The Bertz CT molecular complexity index is 437. The number of benzene rings is 1. The largest absolute Gasteiger partial charge is 0.469 e. The molecule has 104 valence electrons. The smallest absolute Gasteiger partial charge is 0.313 e. The van der Waals surface area contributed by atoms with E-state index in [0.717, 1.165) is 24.1 Å². The van der Waals surface area contributed by atoms with Gasteiger partial charge in [-0.3, -0.25) is 9.69 Å². The number of hydrogen-bond acceptors (Lipinski definition) is 3. The number of nitrogens with zero attached hydrogens (tertiary/aromatic N) is 1. The van der Waals surface area contributed by atoms with Crippen molar-refractivity contribution in [2.45, 2.75) is 13.5 Å². The standard InChI is InChI=1S/C15H20INO2/c1-15(14(18)19-2)11-17(10-13(15)8-16)9-12-6-4-3-5-7-12/h3-7,13H,8-11H2,1-2H3/t13-,15-/m1/s1. The van der Waals surface area contributed by atoms with Gasteiger partial charge in [-0.1, -0.05) is 52.9 Å². The first-order chi connectivity index (χ1) is 9.10. The van der Waals surface area contributed by atoms with E-state index in [-0.39, 0.29) is 11.4 Å². The zero-order valence-electron chi connectivity index (χ0n) is 11.4. The Hall–Kier alpha value is -0.620. The predicted molar refractivity (Wildman–Crippen MR) is 84.2 cm³/mol. The molecule has 1 fully saturated rings. The van der Waals surface area contributed by atoms with Crippen LogP contribution in [0.5, 0.6) is 0 Å². The number of rotatable bonds is 4. The molecule has 1 aromatic carbocycles. The second-order valence-corrected chi connectivity index (χ2v) is 6.30. The van der Waals surface area contributed by atoms with E-state index in [4.69, 9.17) is 4.74 Å². The third-order valence-corrected chi connectivity index (χ3v) is 5.08. The van der Waals surface area contributed by atoms with Gasteiger partial charge in [0, 0.05) is 24.1 Å². The number of likely N-dealkylation sites (tertiary alicyclic amines) is 1. The van der Waals surface area contributed by atoms with Crippen molar-refractivity contribution in [3.8, 4) is 0 Å². The predicted octanol–water partition coefficient (Wildman–Crippen LogP) is 2.73. The zero-order valence-corrected chi connectivity index (χ0v) is 13.6. The van der Waals surface area contributed by atoms with Crippen LogP contribution in [0.2, 0.25) is 0 Å². The summed E-state index contributed by atoms with van der Waals surface area (Å²) in [5.41, 5.74) is 0.925. The van der Waals surface area contributed by atoms with Gasteiger partial charge < -0.3 is 4.74 Å². The first-order valence-corrected chi connectivity index (χ1v) is 8.03. The summed E-state index contributed by atoms with van der Waals surface area (Å²) >= 11 is 2.37. The molecule has 1 saturated heterocycles. The molecule has 0 aliphatic carbocycles. The van der Waals surface area contributed by atoms with Crippen LogP contribution in [-0.4, -0.2) is 35.5 Å². The van der Waals surface area contributed by atoms with Crippen LogP contribution in [0.15, 0.2) is 30.3 Å². The van der Waals surface area contributed by atoms with Crippen molar-refractivity contribution in [3.63, 3.8) is 0 Å². The fourth-order valence-electron chi connectivity index (χ4n) is 2.82. The highest BCUT2D eigenvalue weighted by molar-refractivity contribution is 14.1. The number of alkyl halides is 1. The second kappa shape index (κ2) is 6.22. The Morgan fingerprint density at radius 2 is 2.16 bits per heavy atom. The number of methoxy groups -OCH3 is 1. The fourth-order valence-corrected chi connectivity index (χ4v) is 4.07. The molecular formula is C15H20INO2. The van der Waals surface area contributed by atoms with Gasteiger partial charge in [-0.2, -0.15) is 0 Å². The molecular weight excluding hydrogens is 353 g/mol. The zero-order chi connectivity index (χ0) is 13.9. The molecule has 0 N–H and O–H groups in total. The maximum absolute atomic E-state index is 12.1. The molecule has 0 amide bonds. The third kappa shape index (κ3) is 3.11. The lowest BCUT2D eigenvalue weighted by molar-refractivity contribution is -0.152. The first-order valence-electron chi connectivity index (χ1n) is 6.51. The minimum atomic E-state index is -0.370. The van der Waals surface area contributed by atoms with Crippen LogP contribution in [0.3, 0.4) is 0 Å². The van der Waals surface area contributed by atoms with Gasteiger partial charge in [0.15, 0.2) is 0 Å². The molecule has 2 rings (SSSR count).